The number of hydrogen-bond donors (Lipinski definition) is 2. The first-order chi connectivity index (χ1) is 9.11. The molecule has 0 aromatic heterocycles. The van der Waals surface area contributed by atoms with E-state index in [1.54, 1.807) is 0 Å². The number of hydrogen-bond acceptors (Lipinski definition) is 3. The maximum Gasteiger partial charge on any atom is 0.237 e. The lowest BCUT2D eigenvalue weighted by Crippen LogP contribution is -2.51. The van der Waals surface area contributed by atoms with E-state index < -0.39 is 0 Å². The van der Waals surface area contributed by atoms with Gasteiger partial charge in [0.1, 0.15) is 0 Å². The maximum absolute atomic E-state index is 12.1. The first-order valence-corrected chi connectivity index (χ1v) is 7.92. The number of amides is 1. The van der Waals surface area contributed by atoms with Gasteiger partial charge in [-0.25, -0.2) is 0 Å². The summed E-state index contributed by atoms with van der Waals surface area (Å²) < 4.78 is 0. The molecule has 4 heteroatoms. The molecular weight excluding hydrogens is 238 g/mol. The van der Waals surface area contributed by atoms with Gasteiger partial charge in [-0.3, -0.25) is 9.69 Å². The quantitative estimate of drug-likeness (QED) is 0.766. The monoisotopic (exact) mass is 267 g/mol. The molecule has 0 aromatic rings. The van der Waals surface area contributed by atoms with Crippen LogP contribution in [-0.2, 0) is 4.79 Å². The molecule has 2 fully saturated rings. The van der Waals surface area contributed by atoms with E-state index in [-0.39, 0.29) is 18.0 Å². The summed E-state index contributed by atoms with van der Waals surface area (Å²) in [6, 6.07) is 1.38. The molecule has 4 nitrogen and oxygen atoms in total. The lowest BCUT2D eigenvalue weighted by molar-refractivity contribution is -0.123. The summed E-state index contributed by atoms with van der Waals surface area (Å²) in [6.07, 6.45) is 5.96. The molecule has 19 heavy (non-hydrogen) atoms. The van der Waals surface area contributed by atoms with Crippen molar-refractivity contribution in [2.45, 2.75) is 77.0 Å². The molecule has 2 aliphatic rings. The standard InChI is InChI=1S/C15H29N3O/c1-4-6-11(2)16-15(19)12(3)17-13-8-10-18-9-5-7-14(13)18/h11-14,17H,4-10H2,1-3H3,(H,16,19). The second-order valence-electron chi connectivity index (χ2n) is 6.23. The normalized spacial score (nSPS) is 30.1. The molecule has 0 aliphatic carbocycles. The van der Waals surface area contributed by atoms with Crippen molar-refractivity contribution in [1.29, 1.82) is 0 Å². The minimum absolute atomic E-state index is 0.0788. The molecule has 2 rings (SSSR count). The number of rotatable bonds is 6. The van der Waals surface area contributed by atoms with E-state index in [9.17, 15) is 4.79 Å². The Kier molecular flexibility index (Phi) is 5.22. The van der Waals surface area contributed by atoms with Gasteiger partial charge in [0.2, 0.25) is 5.91 Å². The van der Waals surface area contributed by atoms with Crippen molar-refractivity contribution in [2.75, 3.05) is 13.1 Å². The Balaban J connectivity index is 1.77. The SMILES string of the molecule is CCCC(C)NC(=O)C(C)NC1CCN2CCCC12. The van der Waals surface area contributed by atoms with Gasteiger partial charge in [-0.05, 0) is 46.1 Å². The highest BCUT2D eigenvalue weighted by Gasteiger charge is 2.38. The van der Waals surface area contributed by atoms with Crippen LogP contribution >= 0.6 is 0 Å². The summed E-state index contributed by atoms with van der Waals surface area (Å²) >= 11 is 0. The van der Waals surface area contributed by atoms with Gasteiger partial charge in [0, 0.05) is 24.7 Å². The maximum atomic E-state index is 12.1. The predicted octanol–water partition coefficient (Wildman–Crippen LogP) is 1.51. The first-order valence-electron chi connectivity index (χ1n) is 7.92. The summed E-state index contributed by atoms with van der Waals surface area (Å²) in [7, 11) is 0. The van der Waals surface area contributed by atoms with Crippen molar-refractivity contribution in [2.24, 2.45) is 0 Å². The lowest BCUT2D eigenvalue weighted by Gasteiger charge is -2.25. The molecule has 110 valence electrons. The Morgan fingerprint density at radius 3 is 2.84 bits per heavy atom. The van der Waals surface area contributed by atoms with Gasteiger partial charge in [0.15, 0.2) is 0 Å². The van der Waals surface area contributed by atoms with Crippen LogP contribution in [0.3, 0.4) is 0 Å². The van der Waals surface area contributed by atoms with Crippen LogP contribution in [0.15, 0.2) is 0 Å². The van der Waals surface area contributed by atoms with Crippen LogP contribution < -0.4 is 10.6 Å². The third kappa shape index (κ3) is 3.69. The fraction of sp³-hybridized carbons (Fsp3) is 0.933. The van der Waals surface area contributed by atoms with E-state index in [0.29, 0.717) is 12.1 Å². The van der Waals surface area contributed by atoms with Crippen LogP contribution in [-0.4, -0.2) is 48.1 Å². The highest BCUT2D eigenvalue weighted by Crippen LogP contribution is 2.28. The highest BCUT2D eigenvalue weighted by molar-refractivity contribution is 5.81. The van der Waals surface area contributed by atoms with Crippen LogP contribution in [0.2, 0.25) is 0 Å². The molecular formula is C15H29N3O. The lowest BCUT2D eigenvalue weighted by atomic mass is 10.1. The second-order valence-corrected chi connectivity index (χ2v) is 6.23. The van der Waals surface area contributed by atoms with Gasteiger partial charge in [-0.1, -0.05) is 13.3 Å². The Bertz CT molecular complexity index is 308. The van der Waals surface area contributed by atoms with Crippen LogP contribution in [0, 0.1) is 0 Å². The average molecular weight is 267 g/mol. The third-order valence-corrected chi connectivity index (χ3v) is 4.57. The average Bonchev–Trinajstić information content (AvgIpc) is 2.94. The Morgan fingerprint density at radius 1 is 1.32 bits per heavy atom. The minimum Gasteiger partial charge on any atom is -0.352 e. The zero-order valence-corrected chi connectivity index (χ0v) is 12.6. The van der Waals surface area contributed by atoms with Crippen molar-refractivity contribution in [3.05, 3.63) is 0 Å². The van der Waals surface area contributed by atoms with Crippen LogP contribution in [0.5, 0.6) is 0 Å². The van der Waals surface area contributed by atoms with Gasteiger partial charge in [0.05, 0.1) is 6.04 Å². The van der Waals surface area contributed by atoms with Gasteiger partial charge < -0.3 is 10.6 Å². The Morgan fingerprint density at radius 2 is 2.11 bits per heavy atom. The Labute approximate surface area is 117 Å². The molecule has 2 heterocycles. The van der Waals surface area contributed by atoms with E-state index in [2.05, 4.69) is 29.4 Å². The molecule has 0 aromatic carbocycles. The van der Waals surface area contributed by atoms with Crippen molar-refractivity contribution in [3.63, 3.8) is 0 Å². The molecule has 0 spiro atoms. The molecule has 0 radical (unpaired) electrons. The predicted molar refractivity (Wildman–Crippen MR) is 78.1 cm³/mol. The first kappa shape index (κ1) is 14.8. The molecule has 2 aliphatic heterocycles. The van der Waals surface area contributed by atoms with Crippen LogP contribution in [0.25, 0.3) is 0 Å². The largest absolute Gasteiger partial charge is 0.352 e. The fourth-order valence-electron chi connectivity index (χ4n) is 3.55. The van der Waals surface area contributed by atoms with E-state index in [0.717, 1.165) is 12.8 Å². The molecule has 2 N–H and O–H groups in total. The van der Waals surface area contributed by atoms with E-state index in [1.807, 2.05) is 6.92 Å². The molecule has 0 saturated carbocycles. The van der Waals surface area contributed by atoms with Crippen molar-refractivity contribution in [3.8, 4) is 0 Å². The summed E-state index contributed by atoms with van der Waals surface area (Å²) in [6.45, 7) is 8.67. The summed E-state index contributed by atoms with van der Waals surface area (Å²) in [4.78, 5) is 14.7. The number of carbonyl (C=O) groups is 1. The molecule has 0 bridgehead atoms. The summed E-state index contributed by atoms with van der Waals surface area (Å²) in [5.41, 5.74) is 0. The number of nitrogens with zero attached hydrogens (tertiary/aromatic N) is 1. The smallest absolute Gasteiger partial charge is 0.237 e. The van der Waals surface area contributed by atoms with Gasteiger partial charge >= 0.3 is 0 Å². The van der Waals surface area contributed by atoms with Crippen molar-refractivity contribution < 1.29 is 4.79 Å². The van der Waals surface area contributed by atoms with E-state index in [4.69, 9.17) is 0 Å². The fourth-order valence-corrected chi connectivity index (χ4v) is 3.55. The van der Waals surface area contributed by atoms with Gasteiger partial charge in [0.25, 0.3) is 0 Å². The van der Waals surface area contributed by atoms with Crippen molar-refractivity contribution in [1.82, 2.24) is 15.5 Å². The molecule has 2 saturated heterocycles. The van der Waals surface area contributed by atoms with Crippen LogP contribution in [0.1, 0.15) is 52.9 Å². The van der Waals surface area contributed by atoms with E-state index in [1.165, 1.54) is 32.4 Å². The minimum atomic E-state index is -0.0788. The molecule has 4 unspecified atom stereocenters. The molecule has 4 atom stereocenters. The number of carbonyl (C=O) groups excluding carboxylic acids is 1. The Hall–Kier alpha value is -0.610. The van der Waals surface area contributed by atoms with E-state index >= 15 is 0 Å². The van der Waals surface area contributed by atoms with Crippen molar-refractivity contribution >= 4 is 5.91 Å². The third-order valence-electron chi connectivity index (χ3n) is 4.57. The zero-order valence-electron chi connectivity index (χ0n) is 12.6. The van der Waals surface area contributed by atoms with Gasteiger partial charge in [-0.2, -0.15) is 0 Å². The van der Waals surface area contributed by atoms with Crippen LogP contribution in [0.4, 0.5) is 0 Å². The summed E-state index contributed by atoms with van der Waals surface area (Å²) in [5, 5.41) is 6.64. The molecule has 1 amide bonds. The zero-order chi connectivity index (χ0) is 13.8. The number of fused-ring (bicyclic) bond motifs is 1. The summed E-state index contributed by atoms with van der Waals surface area (Å²) in [5.74, 6) is 0.150. The highest BCUT2D eigenvalue weighted by atomic mass is 16.2. The number of nitrogens with one attached hydrogen (secondary N) is 2. The van der Waals surface area contributed by atoms with Gasteiger partial charge in [-0.15, -0.1) is 0 Å². The second kappa shape index (κ2) is 6.71. The topological polar surface area (TPSA) is 44.4 Å².